The van der Waals surface area contributed by atoms with Gasteiger partial charge in [0, 0.05) is 12.6 Å². The third-order valence-electron chi connectivity index (χ3n) is 3.76. The molecule has 1 aromatic rings. The minimum Gasteiger partial charge on any atom is -0.333 e. The summed E-state index contributed by atoms with van der Waals surface area (Å²) in [7, 11) is 0. The fourth-order valence-electron chi connectivity index (χ4n) is 2.06. The normalized spacial score (nSPS) is 18.2. The predicted octanol–water partition coefficient (Wildman–Crippen LogP) is 2.77. The number of hydrogen-bond donors (Lipinski definition) is 1. The predicted molar refractivity (Wildman–Crippen MR) is 73.4 cm³/mol. The first-order valence-electron chi connectivity index (χ1n) is 6.85. The summed E-state index contributed by atoms with van der Waals surface area (Å²) in [6.07, 6.45) is -3.30. The van der Waals surface area contributed by atoms with Crippen LogP contribution in [0, 0.1) is 6.92 Å². The summed E-state index contributed by atoms with van der Waals surface area (Å²) in [5.74, 6) is -1.06. The lowest BCUT2D eigenvalue weighted by Gasteiger charge is -2.33. The third kappa shape index (κ3) is 3.37. The highest BCUT2D eigenvalue weighted by atomic mass is 19.4. The van der Waals surface area contributed by atoms with E-state index in [-0.39, 0.29) is 12.6 Å². The van der Waals surface area contributed by atoms with Crippen LogP contribution in [0.4, 0.5) is 13.2 Å². The summed E-state index contributed by atoms with van der Waals surface area (Å²) < 4.78 is 38.8. The molecular weight excluding hydrogens is 281 g/mol. The van der Waals surface area contributed by atoms with Gasteiger partial charge in [0.05, 0.1) is 0 Å². The Labute approximate surface area is 121 Å². The average Bonchev–Trinajstić information content (AvgIpc) is 3.20. The van der Waals surface area contributed by atoms with Gasteiger partial charge in [0.1, 0.15) is 0 Å². The Morgan fingerprint density at radius 1 is 1.29 bits per heavy atom. The molecule has 1 aliphatic carbocycles. The van der Waals surface area contributed by atoms with Crippen molar-refractivity contribution in [2.75, 3.05) is 0 Å². The maximum Gasteiger partial charge on any atom is 0.415 e. The van der Waals surface area contributed by atoms with Gasteiger partial charge in [-0.2, -0.15) is 13.2 Å². The van der Waals surface area contributed by atoms with Crippen LogP contribution >= 0.6 is 0 Å². The lowest BCUT2D eigenvalue weighted by molar-refractivity contribution is -0.194. The van der Waals surface area contributed by atoms with Crippen LogP contribution in [-0.4, -0.2) is 28.6 Å². The monoisotopic (exact) mass is 300 g/mol. The first-order chi connectivity index (χ1) is 9.63. The molecule has 0 heterocycles. The molecule has 2 N–H and O–H groups in total. The first kappa shape index (κ1) is 15.8. The second-order valence-corrected chi connectivity index (χ2v) is 5.85. The molecule has 21 heavy (non-hydrogen) atoms. The molecule has 6 heteroatoms. The van der Waals surface area contributed by atoms with Crippen molar-refractivity contribution in [3.8, 4) is 0 Å². The quantitative estimate of drug-likeness (QED) is 0.929. The number of carbonyl (C=O) groups is 1. The van der Waals surface area contributed by atoms with Crippen molar-refractivity contribution in [1.82, 2.24) is 4.90 Å². The Hall–Kier alpha value is -1.56. The number of halogens is 3. The highest BCUT2D eigenvalue weighted by Gasteiger charge is 2.56. The Morgan fingerprint density at radius 3 is 2.24 bits per heavy atom. The van der Waals surface area contributed by atoms with Crippen molar-refractivity contribution < 1.29 is 18.0 Å². The molecule has 3 nitrogen and oxygen atoms in total. The molecule has 1 fully saturated rings. The van der Waals surface area contributed by atoms with E-state index in [0.717, 1.165) is 30.9 Å². The van der Waals surface area contributed by atoms with Crippen molar-refractivity contribution in [1.29, 1.82) is 0 Å². The van der Waals surface area contributed by atoms with Crippen LogP contribution in [0.1, 0.15) is 30.9 Å². The zero-order chi connectivity index (χ0) is 15.8. The molecule has 0 aliphatic heterocycles. The SMILES string of the molecule is Cc1ccc(CN(C(=O)C(C)(N)C(F)(F)F)C2CC2)cc1. The van der Waals surface area contributed by atoms with E-state index in [1.165, 1.54) is 4.90 Å². The van der Waals surface area contributed by atoms with Crippen LogP contribution in [0.3, 0.4) is 0 Å². The summed E-state index contributed by atoms with van der Waals surface area (Å²) >= 11 is 0. The van der Waals surface area contributed by atoms with Crippen LogP contribution in [0.2, 0.25) is 0 Å². The van der Waals surface area contributed by atoms with Gasteiger partial charge in [-0.1, -0.05) is 29.8 Å². The second kappa shape index (κ2) is 5.33. The van der Waals surface area contributed by atoms with Crippen LogP contribution in [-0.2, 0) is 11.3 Å². The summed E-state index contributed by atoms with van der Waals surface area (Å²) in [6.45, 7) is 2.82. The molecule has 116 valence electrons. The van der Waals surface area contributed by atoms with E-state index in [1.807, 2.05) is 31.2 Å². The lowest BCUT2D eigenvalue weighted by atomic mass is 10.0. The topological polar surface area (TPSA) is 46.3 Å². The molecule has 1 amide bonds. The summed E-state index contributed by atoms with van der Waals surface area (Å²) in [5.41, 5.74) is 4.28. The zero-order valence-electron chi connectivity index (χ0n) is 12.1. The van der Waals surface area contributed by atoms with Crippen molar-refractivity contribution in [2.45, 2.75) is 51.0 Å². The van der Waals surface area contributed by atoms with Crippen molar-refractivity contribution >= 4 is 5.91 Å². The van der Waals surface area contributed by atoms with E-state index in [1.54, 1.807) is 0 Å². The fourth-order valence-corrected chi connectivity index (χ4v) is 2.06. The molecule has 0 radical (unpaired) electrons. The second-order valence-electron chi connectivity index (χ2n) is 5.85. The molecule has 0 saturated heterocycles. The smallest absolute Gasteiger partial charge is 0.333 e. The van der Waals surface area contributed by atoms with Gasteiger partial charge in [0.2, 0.25) is 0 Å². The zero-order valence-corrected chi connectivity index (χ0v) is 12.1. The van der Waals surface area contributed by atoms with Gasteiger partial charge in [0.15, 0.2) is 5.54 Å². The van der Waals surface area contributed by atoms with Crippen molar-refractivity contribution in [3.05, 3.63) is 35.4 Å². The Bertz CT molecular complexity index is 519. The molecule has 1 saturated carbocycles. The standard InChI is InChI=1S/C15H19F3N2O/c1-10-3-5-11(6-4-10)9-20(12-7-8-12)13(21)14(2,19)15(16,17)18/h3-6,12H,7-9,19H2,1-2H3. The third-order valence-corrected chi connectivity index (χ3v) is 3.76. The van der Waals surface area contributed by atoms with E-state index in [9.17, 15) is 18.0 Å². The van der Waals surface area contributed by atoms with Crippen LogP contribution in [0.15, 0.2) is 24.3 Å². The van der Waals surface area contributed by atoms with E-state index < -0.39 is 17.6 Å². The van der Waals surface area contributed by atoms with Crippen LogP contribution < -0.4 is 5.73 Å². The number of rotatable bonds is 4. The number of aryl methyl sites for hydroxylation is 1. The highest BCUT2D eigenvalue weighted by Crippen LogP contribution is 2.35. The van der Waals surface area contributed by atoms with Gasteiger partial charge >= 0.3 is 6.18 Å². The summed E-state index contributed by atoms with van der Waals surface area (Å²) in [4.78, 5) is 13.5. The fraction of sp³-hybridized carbons (Fsp3) is 0.533. The molecule has 0 aromatic heterocycles. The number of nitrogens with zero attached hydrogens (tertiary/aromatic N) is 1. The Kier molecular flexibility index (Phi) is 4.02. The summed E-state index contributed by atoms with van der Waals surface area (Å²) in [6, 6.07) is 7.25. The molecule has 1 aromatic carbocycles. The van der Waals surface area contributed by atoms with E-state index >= 15 is 0 Å². The number of alkyl halides is 3. The minimum absolute atomic E-state index is 0.135. The molecule has 1 unspecified atom stereocenters. The average molecular weight is 300 g/mol. The highest BCUT2D eigenvalue weighted by molar-refractivity contribution is 5.87. The number of amides is 1. The van der Waals surface area contributed by atoms with E-state index in [0.29, 0.717) is 0 Å². The van der Waals surface area contributed by atoms with Gasteiger partial charge in [-0.3, -0.25) is 4.79 Å². The van der Waals surface area contributed by atoms with Crippen molar-refractivity contribution in [2.24, 2.45) is 5.73 Å². The number of carbonyl (C=O) groups excluding carboxylic acids is 1. The van der Waals surface area contributed by atoms with E-state index in [4.69, 9.17) is 5.73 Å². The van der Waals surface area contributed by atoms with E-state index in [2.05, 4.69) is 0 Å². The maximum absolute atomic E-state index is 12.9. The first-order valence-corrected chi connectivity index (χ1v) is 6.85. The van der Waals surface area contributed by atoms with Crippen molar-refractivity contribution in [3.63, 3.8) is 0 Å². The number of nitrogens with two attached hydrogens (primary N) is 1. The van der Waals surface area contributed by atoms with Gasteiger partial charge < -0.3 is 10.6 Å². The van der Waals surface area contributed by atoms with Crippen LogP contribution in [0.25, 0.3) is 0 Å². The molecule has 0 bridgehead atoms. The maximum atomic E-state index is 12.9. The van der Waals surface area contributed by atoms with Gasteiger partial charge in [0.25, 0.3) is 5.91 Å². The van der Waals surface area contributed by atoms with Gasteiger partial charge in [-0.05, 0) is 32.3 Å². The molecular formula is C15H19F3N2O. The molecule has 0 spiro atoms. The number of hydrogen-bond acceptors (Lipinski definition) is 2. The largest absolute Gasteiger partial charge is 0.415 e. The molecule has 1 atom stereocenters. The lowest BCUT2D eigenvalue weighted by Crippen LogP contribution is -2.62. The van der Waals surface area contributed by atoms with Gasteiger partial charge in [-0.25, -0.2) is 0 Å². The number of benzene rings is 1. The Morgan fingerprint density at radius 2 is 1.81 bits per heavy atom. The molecule has 1 aliphatic rings. The molecule has 2 rings (SSSR count). The minimum atomic E-state index is -4.76. The Balaban J connectivity index is 2.19. The summed E-state index contributed by atoms with van der Waals surface area (Å²) in [5, 5.41) is 0. The van der Waals surface area contributed by atoms with Crippen LogP contribution in [0.5, 0.6) is 0 Å². The van der Waals surface area contributed by atoms with Gasteiger partial charge in [-0.15, -0.1) is 0 Å².